The Bertz CT molecular complexity index is 293. The van der Waals surface area contributed by atoms with Gasteiger partial charge in [0.1, 0.15) is 6.29 Å². The lowest BCUT2D eigenvalue weighted by molar-refractivity contribution is -0.107. The lowest BCUT2D eigenvalue weighted by Gasteiger charge is -2.41. The van der Waals surface area contributed by atoms with Crippen molar-refractivity contribution >= 4 is 6.29 Å². The molecule has 0 N–H and O–H groups in total. The molecule has 2 heteroatoms. The predicted octanol–water partition coefficient (Wildman–Crippen LogP) is 2.73. The lowest BCUT2D eigenvalue weighted by Crippen LogP contribution is -2.44. The van der Waals surface area contributed by atoms with E-state index in [0.29, 0.717) is 18.4 Å². The van der Waals surface area contributed by atoms with E-state index >= 15 is 0 Å². The van der Waals surface area contributed by atoms with Crippen LogP contribution in [0.5, 0.6) is 0 Å². The van der Waals surface area contributed by atoms with Gasteiger partial charge in [0.2, 0.25) is 0 Å². The van der Waals surface area contributed by atoms with Crippen molar-refractivity contribution in [2.24, 2.45) is 11.3 Å². The summed E-state index contributed by atoms with van der Waals surface area (Å²) in [5.41, 5.74) is 0.0788. The maximum absolute atomic E-state index is 10.3. The van der Waals surface area contributed by atoms with Crippen molar-refractivity contribution < 1.29 is 9.53 Å². The highest BCUT2D eigenvalue weighted by atomic mass is 16.5. The fourth-order valence-electron chi connectivity index (χ4n) is 3.42. The van der Waals surface area contributed by atoms with Gasteiger partial charge in [-0.05, 0) is 18.8 Å². The van der Waals surface area contributed by atoms with E-state index in [2.05, 4.69) is 26.8 Å². The zero-order valence-electron chi connectivity index (χ0n) is 9.82. The first kappa shape index (κ1) is 10.9. The van der Waals surface area contributed by atoms with Crippen LogP contribution in [0.1, 0.15) is 40.0 Å². The quantitative estimate of drug-likeness (QED) is 0.526. The summed E-state index contributed by atoms with van der Waals surface area (Å²) in [6.45, 7) is 6.80. The molecule has 2 rings (SSSR count). The van der Waals surface area contributed by atoms with Gasteiger partial charge >= 0.3 is 0 Å². The van der Waals surface area contributed by atoms with Gasteiger partial charge in [-0.2, -0.15) is 0 Å². The Morgan fingerprint density at radius 3 is 2.73 bits per heavy atom. The molecule has 2 heterocycles. The Morgan fingerprint density at radius 1 is 1.47 bits per heavy atom. The molecule has 2 nitrogen and oxygen atoms in total. The van der Waals surface area contributed by atoms with E-state index in [1.165, 1.54) is 0 Å². The second-order valence-corrected chi connectivity index (χ2v) is 5.56. The average molecular weight is 208 g/mol. The third kappa shape index (κ3) is 1.46. The van der Waals surface area contributed by atoms with Crippen LogP contribution in [0.25, 0.3) is 0 Å². The maximum atomic E-state index is 10.3. The highest BCUT2D eigenvalue weighted by Gasteiger charge is 2.60. The molecule has 15 heavy (non-hydrogen) atoms. The van der Waals surface area contributed by atoms with Crippen molar-refractivity contribution in [1.82, 2.24) is 0 Å². The first-order valence-electron chi connectivity index (χ1n) is 5.81. The second kappa shape index (κ2) is 3.44. The number of aldehydes is 1. The second-order valence-electron chi connectivity index (χ2n) is 5.56. The maximum Gasteiger partial charge on any atom is 0.123 e. The molecule has 2 fully saturated rings. The first-order chi connectivity index (χ1) is 7.02. The molecule has 0 amide bonds. The van der Waals surface area contributed by atoms with Crippen LogP contribution in [-0.4, -0.2) is 18.0 Å². The summed E-state index contributed by atoms with van der Waals surface area (Å²) in [7, 11) is 0. The summed E-state index contributed by atoms with van der Waals surface area (Å²) in [6, 6.07) is 0. The fourth-order valence-corrected chi connectivity index (χ4v) is 3.42. The highest BCUT2D eigenvalue weighted by Crippen LogP contribution is 2.58. The first-order valence-corrected chi connectivity index (χ1v) is 5.81. The third-order valence-electron chi connectivity index (χ3n) is 4.10. The topological polar surface area (TPSA) is 26.3 Å². The van der Waals surface area contributed by atoms with Gasteiger partial charge in [-0.3, -0.25) is 0 Å². The minimum atomic E-state index is -0.124. The molecule has 0 spiro atoms. The summed E-state index contributed by atoms with van der Waals surface area (Å²) in [4.78, 5) is 10.3. The standard InChI is InChI=1S/C13H20O2/c1-10-8-11-9-12(2,3)13(10,15-11)6-4-5-7-14/h4,6-7,10-11H,5,8-9H2,1-3H3/t10-,11-,13?/m1/s1. The van der Waals surface area contributed by atoms with Crippen LogP contribution in [0.2, 0.25) is 0 Å². The van der Waals surface area contributed by atoms with Crippen molar-refractivity contribution in [3.8, 4) is 0 Å². The van der Waals surface area contributed by atoms with Crippen LogP contribution in [0.3, 0.4) is 0 Å². The Balaban J connectivity index is 2.25. The Kier molecular flexibility index (Phi) is 2.50. The minimum absolute atomic E-state index is 0.124. The van der Waals surface area contributed by atoms with Crippen LogP contribution in [0, 0.1) is 11.3 Å². The lowest BCUT2D eigenvalue weighted by atomic mass is 9.63. The van der Waals surface area contributed by atoms with Gasteiger partial charge in [0.25, 0.3) is 0 Å². The summed E-state index contributed by atoms with van der Waals surface area (Å²) < 4.78 is 6.13. The van der Waals surface area contributed by atoms with E-state index in [4.69, 9.17) is 4.74 Å². The van der Waals surface area contributed by atoms with E-state index in [9.17, 15) is 4.79 Å². The van der Waals surface area contributed by atoms with Gasteiger partial charge in [0.05, 0.1) is 11.7 Å². The molecular formula is C13H20O2. The van der Waals surface area contributed by atoms with E-state index in [-0.39, 0.29) is 11.0 Å². The van der Waals surface area contributed by atoms with Crippen LogP contribution in [0.4, 0.5) is 0 Å². The van der Waals surface area contributed by atoms with E-state index < -0.39 is 0 Å². The van der Waals surface area contributed by atoms with Crippen molar-refractivity contribution in [1.29, 1.82) is 0 Å². The zero-order valence-corrected chi connectivity index (χ0v) is 9.82. The Morgan fingerprint density at radius 2 is 2.20 bits per heavy atom. The zero-order chi connectivity index (χ0) is 11.1. The molecule has 0 saturated carbocycles. The molecule has 0 aromatic rings. The summed E-state index contributed by atoms with van der Waals surface area (Å²) >= 11 is 0. The van der Waals surface area contributed by atoms with Gasteiger partial charge in [-0.15, -0.1) is 0 Å². The molecule has 2 aliphatic heterocycles. The van der Waals surface area contributed by atoms with Crippen LogP contribution < -0.4 is 0 Å². The molecular weight excluding hydrogens is 188 g/mol. The Hall–Kier alpha value is -0.630. The monoisotopic (exact) mass is 208 g/mol. The van der Waals surface area contributed by atoms with E-state index in [1.807, 2.05) is 6.08 Å². The normalized spacial score (nSPS) is 42.6. The summed E-state index contributed by atoms with van der Waals surface area (Å²) in [6.07, 6.45) is 8.26. The largest absolute Gasteiger partial charge is 0.367 e. The summed E-state index contributed by atoms with van der Waals surface area (Å²) in [5, 5.41) is 0. The number of fused-ring (bicyclic) bond motifs is 2. The van der Waals surface area contributed by atoms with Crippen molar-refractivity contribution in [2.45, 2.75) is 51.7 Å². The number of hydrogen-bond donors (Lipinski definition) is 0. The predicted molar refractivity (Wildman–Crippen MR) is 59.6 cm³/mol. The average Bonchev–Trinajstić information content (AvgIpc) is 2.55. The molecule has 3 atom stereocenters. The summed E-state index contributed by atoms with van der Waals surface area (Å²) in [5.74, 6) is 0.564. The molecule has 2 aliphatic rings. The van der Waals surface area contributed by atoms with Gasteiger partial charge < -0.3 is 9.53 Å². The number of ether oxygens (including phenoxy) is 1. The molecule has 1 unspecified atom stereocenters. The highest BCUT2D eigenvalue weighted by molar-refractivity contribution is 5.52. The van der Waals surface area contributed by atoms with E-state index in [0.717, 1.165) is 19.1 Å². The number of hydrogen-bond acceptors (Lipinski definition) is 2. The third-order valence-corrected chi connectivity index (χ3v) is 4.10. The van der Waals surface area contributed by atoms with Crippen molar-refractivity contribution in [3.63, 3.8) is 0 Å². The number of carbonyl (C=O) groups is 1. The molecule has 2 saturated heterocycles. The molecule has 0 aromatic carbocycles. The van der Waals surface area contributed by atoms with Crippen molar-refractivity contribution in [2.75, 3.05) is 0 Å². The van der Waals surface area contributed by atoms with Crippen LogP contribution >= 0.6 is 0 Å². The number of allylic oxidation sites excluding steroid dienone is 1. The fraction of sp³-hybridized carbons (Fsp3) is 0.769. The van der Waals surface area contributed by atoms with E-state index in [1.54, 1.807) is 0 Å². The number of carbonyl (C=O) groups excluding carboxylic acids is 1. The van der Waals surface area contributed by atoms with Gasteiger partial charge in [-0.1, -0.05) is 32.9 Å². The van der Waals surface area contributed by atoms with Gasteiger partial charge in [0.15, 0.2) is 0 Å². The van der Waals surface area contributed by atoms with Crippen molar-refractivity contribution in [3.05, 3.63) is 12.2 Å². The Labute approximate surface area is 91.7 Å². The molecule has 0 radical (unpaired) electrons. The van der Waals surface area contributed by atoms with Crippen LogP contribution in [-0.2, 0) is 9.53 Å². The molecule has 0 aromatic heterocycles. The smallest absolute Gasteiger partial charge is 0.123 e. The van der Waals surface area contributed by atoms with Gasteiger partial charge in [0, 0.05) is 11.8 Å². The number of rotatable bonds is 3. The molecule has 84 valence electrons. The minimum Gasteiger partial charge on any atom is -0.367 e. The SMILES string of the molecule is C[C@@H]1C[C@@H]2CC(C)(C)C1(C=CCC=O)O2. The molecule has 2 bridgehead atoms. The van der Waals surface area contributed by atoms with Crippen LogP contribution in [0.15, 0.2) is 12.2 Å². The molecule has 0 aliphatic carbocycles. The van der Waals surface area contributed by atoms with Gasteiger partial charge in [-0.25, -0.2) is 0 Å².